The first-order valence-electron chi connectivity index (χ1n) is 6.41. The van der Waals surface area contributed by atoms with Crippen molar-refractivity contribution in [2.75, 3.05) is 14.2 Å². The highest BCUT2D eigenvalue weighted by atomic mass is 35.5. The zero-order chi connectivity index (χ0) is 16.3. The van der Waals surface area contributed by atoms with Crippen LogP contribution in [0.5, 0.6) is 11.5 Å². The zero-order valence-corrected chi connectivity index (χ0v) is 14.2. The van der Waals surface area contributed by atoms with E-state index >= 15 is 0 Å². The number of carbonyl (C=O) groups excluding carboxylic acids is 1. The van der Waals surface area contributed by atoms with E-state index in [1.54, 1.807) is 38.6 Å². The zero-order valence-electron chi connectivity index (χ0n) is 12.6. The van der Waals surface area contributed by atoms with Crippen molar-refractivity contribution in [1.29, 1.82) is 5.41 Å². The number of aromatic nitrogens is 1. The van der Waals surface area contributed by atoms with Crippen molar-refractivity contribution in [2.24, 2.45) is 5.73 Å². The molecule has 6 nitrogen and oxygen atoms in total. The van der Waals surface area contributed by atoms with E-state index in [1.165, 1.54) is 10.6 Å². The van der Waals surface area contributed by atoms with Gasteiger partial charge in [0.2, 0.25) is 0 Å². The summed E-state index contributed by atoms with van der Waals surface area (Å²) >= 11 is 6.00. The van der Waals surface area contributed by atoms with Crippen LogP contribution in [0.3, 0.4) is 0 Å². The fourth-order valence-corrected chi connectivity index (χ4v) is 2.34. The molecule has 8 heteroatoms. The average Bonchev–Trinajstić information content (AvgIpc) is 2.50. The Morgan fingerprint density at radius 1 is 1.30 bits per heavy atom. The molecule has 2 rings (SSSR count). The monoisotopic (exact) mass is 357 g/mol. The normalized spacial score (nSPS) is 9.87. The summed E-state index contributed by atoms with van der Waals surface area (Å²) in [6, 6.07) is 6.74. The quantitative estimate of drug-likeness (QED) is 0.859. The van der Waals surface area contributed by atoms with E-state index in [1.807, 2.05) is 0 Å². The summed E-state index contributed by atoms with van der Waals surface area (Å²) in [7, 11) is 3.13. The molecule has 0 bridgehead atoms. The summed E-state index contributed by atoms with van der Waals surface area (Å²) in [6.45, 7) is 0.292. The Morgan fingerprint density at radius 2 is 2.00 bits per heavy atom. The van der Waals surface area contributed by atoms with E-state index in [0.29, 0.717) is 23.1 Å². The molecule has 0 aliphatic rings. The molecule has 0 spiro atoms. The number of nitrogens with two attached hydrogens (primary N) is 1. The number of methoxy groups -OCH3 is 2. The van der Waals surface area contributed by atoms with Gasteiger partial charge in [-0.15, -0.1) is 12.4 Å². The number of benzene rings is 1. The lowest BCUT2D eigenvalue weighted by molar-refractivity contribution is 0.0998. The second-order valence-corrected chi connectivity index (χ2v) is 5.03. The third kappa shape index (κ3) is 4.18. The SMILES string of the molecule is COc1ccc(OC)c(Cn2cc(Cl)cc(C(N)=O)c2=N)c1.Cl. The number of pyridine rings is 1. The molecule has 2 aromatic rings. The fraction of sp³-hybridized carbons (Fsp3) is 0.200. The molecule has 0 aliphatic heterocycles. The highest BCUT2D eigenvalue weighted by Crippen LogP contribution is 2.24. The van der Waals surface area contributed by atoms with Gasteiger partial charge in [-0.1, -0.05) is 11.6 Å². The van der Waals surface area contributed by atoms with Crippen LogP contribution >= 0.6 is 24.0 Å². The highest BCUT2D eigenvalue weighted by Gasteiger charge is 2.11. The fourth-order valence-electron chi connectivity index (χ4n) is 2.11. The largest absolute Gasteiger partial charge is 0.497 e. The maximum atomic E-state index is 11.4. The van der Waals surface area contributed by atoms with E-state index in [-0.39, 0.29) is 23.5 Å². The molecule has 1 aromatic carbocycles. The molecule has 0 aliphatic carbocycles. The Bertz CT molecular complexity index is 775. The van der Waals surface area contributed by atoms with Gasteiger partial charge in [-0.3, -0.25) is 10.2 Å². The second kappa shape index (κ2) is 7.89. The summed E-state index contributed by atoms with van der Waals surface area (Å²) in [4.78, 5) is 11.4. The van der Waals surface area contributed by atoms with Gasteiger partial charge in [-0.2, -0.15) is 0 Å². The van der Waals surface area contributed by atoms with Crippen LogP contribution < -0.4 is 20.7 Å². The van der Waals surface area contributed by atoms with Gasteiger partial charge in [0.05, 0.1) is 31.4 Å². The maximum absolute atomic E-state index is 11.4. The Morgan fingerprint density at radius 3 is 2.57 bits per heavy atom. The van der Waals surface area contributed by atoms with Crippen molar-refractivity contribution in [3.8, 4) is 11.5 Å². The van der Waals surface area contributed by atoms with Crippen molar-refractivity contribution in [3.63, 3.8) is 0 Å². The first-order valence-corrected chi connectivity index (χ1v) is 6.79. The van der Waals surface area contributed by atoms with Gasteiger partial charge in [0.25, 0.3) is 5.91 Å². The molecule has 0 radical (unpaired) electrons. The van der Waals surface area contributed by atoms with E-state index < -0.39 is 5.91 Å². The van der Waals surface area contributed by atoms with Gasteiger partial charge in [0.1, 0.15) is 17.0 Å². The first kappa shape index (κ1) is 18.9. The standard InChI is InChI=1S/C15H16ClN3O3.ClH/c1-21-11-3-4-13(22-2)9(5-11)7-19-8-10(16)6-12(14(19)17)15(18)20;/h3-6,8,17H,7H2,1-2H3,(H2,18,20);1H. The number of hydrogen-bond donors (Lipinski definition) is 2. The van der Waals surface area contributed by atoms with E-state index in [4.69, 9.17) is 32.2 Å². The minimum absolute atomic E-state index is 0. The van der Waals surface area contributed by atoms with Crippen LogP contribution in [0.1, 0.15) is 15.9 Å². The summed E-state index contributed by atoms with van der Waals surface area (Å²) in [6.07, 6.45) is 1.56. The number of amides is 1. The van der Waals surface area contributed by atoms with Crippen LogP contribution in [0.4, 0.5) is 0 Å². The summed E-state index contributed by atoms with van der Waals surface area (Å²) in [5.74, 6) is 0.618. The van der Waals surface area contributed by atoms with Gasteiger partial charge in [-0.05, 0) is 24.3 Å². The van der Waals surface area contributed by atoms with Crippen molar-refractivity contribution < 1.29 is 14.3 Å². The Hall–Kier alpha value is -2.18. The van der Waals surface area contributed by atoms with E-state index in [9.17, 15) is 4.79 Å². The molecular formula is C15H17Cl2N3O3. The predicted octanol–water partition coefficient (Wildman–Crippen LogP) is 2.21. The number of nitrogens with zero attached hydrogens (tertiary/aromatic N) is 1. The van der Waals surface area contributed by atoms with Crippen molar-refractivity contribution in [2.45, 2.75) is 6.54 Å². The number of carbonyl (C=O) groups is 1. The topological polar surface area (TPSA) is 90.3 Å². The number of primary amides is 1. The summed E-state index contributed by atoms with van der Waals surface area (Å²) in [5.41, 5.74) is 6.11. The van der Waals surface area contributed by atoms with Gasteiger partial charge in [0.15, 0.2) is 0 Å². The van der Waals surface area contributed by atoms with Crippen molar-refractivity contribution in [3.05, 3.63) is 52.1 Å². The number of ether oxygens (including phenoxy) is 2. The Labute approximate surface area is 144 Å². The van der Waals surface area contributed by atoms with Gasteiger partial charge in [0, 0.05) is 11.8 Å². The third-order valence-corrected chi connectivity index (χ3v) is 3.40. The molecule has 1 heterocycles. The number of rotatable bonds is 5. The third-order valence-electron chi connectivity index (χ3n) is 3.20. The molecule has 0 fully saturated rings. The summed E-state index contributed by atoms with van der Waals surface area (Å²) in [5, 5.41) is 8.41. The minimum Gasteiger partial charge on any atom is -0.497 e. The number of nitrogens with one attached hydrogen (secondary N) is 1. The molecule has 23 heavy (non-hydrogen) atoms. The molecular weight excluding hydrogens is 341 g/mol. The predicted molar refractivity (Wildman–Crippen MR) is 89.7 cm³/mol. The van der Waals surface area contributed by atoms with Crippen LogP contribution in [-0.2, 0) is 6.54 Å². The summed E-state index contributed by atoms with van der Waals surface area (Å²) < 4.78 is 12.0. The van der Waals surface area contributed by atoms with Crippen LogP contribution in [0.15, 0.2) is 30.5 Å². The molecule has 0 saturated heterocycles. The average molecular weight is 358 g/mol. The number of halogens is 2. The lowest BCUT2D eigenvalue weighted by Crippen LogP contribution is -2.29. The number of hydrogen-bond acceptors (Lipinski definition) is 4. The Balaban J connectivity index is 0.00000264. The Kier molecular flexibility index (Phi) is 6.48. The molecule has 0 unspecified atom stereocenters. The van der Waals surface area contributed by atoms with Crippen molar-refractivity contribution in [1.82, 2.24) is 4.57 Å². The van der Waals surface area contributed by atoms with Crippen LogP contribution in [0.25, 0.3) is 0 Å². The lowest BCUT2D eigenvalue weighted by atomic mass is 10.1. The van der Waals surface area contributed by atoms with Gasteiger partial charge >= 0.3 is 0 Å². The smallest absolute Gasteiger partial charge is 0.252 e. The first-order chi connectivity index (χ1) is 10.5. The van der Waals surface area contributed by atoms with Crippen LogP contribution in [0, 0.1) is 5.41 Å². The molecule has 3 N–H and O–H groups in total. The second-order valence-electron chi connectivity index (χ2n) is 4.59. The van der Waals surface area contributed by atoms with Gasteiger partial charge in [-0.25, -0.2) is 0 Å². The van der Waals surface area contributed by atoms with Crippen LogP contribution in [0.2, 0.25) is 5.02 Å². The van der Waals surface area contributed by atoms with E-state index in [0.717, 1.165) is 5.56 Å². The minimum atomic E-state index is -0.696. The van der Waals surface area contributed by atoms with Crippen molar-refractivity contribution >= 4 is 29.9 Å². The highest BCUT2D eigenvalue weighted by molar-refractivity contribution is 6.30. The molecule has 1 amide bonds. The van der Waals surface area contributed by atoms with E-state index in [2.05, 4.69) is 0 Å². The van der Waals surface area contributed by atoms with Gasteiger partial charge < -0.3 is 19.8 Å². The maximum Gasteiger partial charge on any atom is 0.252 e. The molecule has 0 atom stereocenters. The van der Waals surface area contributed by atoms with Crippen LogP contribution in [-0.4, -0.2) is 24.7 Å². The molecule has 1 aromatic heterocycles. The molecule has 0 saturated carbocycles. The lowest BCUT2D eigenvalue weighted by Gasteiger charge is -2.14. The molecule has 124 valence electrons.